The molecular formula is C19H30N4O. The van der Waals surface area contributed by atoms with Crippen LogP contribution in [0.25, 0.3) is 0 Å². The minimum atomic E-state index is 0.0474. The number of rotatable bonds is 2. The highest BCUT2D eigenvalue weighted by molar-refractivity contribution is 5.95. The van der Waals surface area contributed by atoms with Crippen molar-refractivity contribution in [2.24, 2.45) is 4.99 Å². The summed E-state index contributed by atoms with van der Waals surface area (Å²) < 4.78 is 0. The van der Waals surface area contributed by atoms with E-state index >= 15 is 0 Å². The molecule has 1 aromatic rings. The van der Waals surface area contributed by atoms with E-state index in [1.807, 2.05) is 12.1 Å². The number of benzene rings is 1. The van der Waals surface area contributed by atoms with E-state index in [1.54, 1.807) is 6.07 Å². The molecule has 1 heterocycles. The predicted molar refractivity (Wildman–Crippen MR) is 100.0 cm³/mol. The van der Waals surface area contributed by atoms with Crippen LogP contribution >= 0.6 is 0 Å². The number of likely N-dealkylation sites (N-methyl/N-ethyl adjacent to an activating group) is 1. The van der Waals surface area contributed by atoms with Crippen molar-refractivity contribution >= 4 is 11.6 Å². The van der Waals surface area contributed by atoms with Crippen molar-refractivity contribution < 1.29 is 5.11 Å². The lowest BCUT2D eigenvalue weighted by molar-refractivity contribution is 0.215. The third kappa shape index (κ3) is 4.20. The van der Waals surface area contributed by atoms with Crippen LogP contribution in [0.15, 0.2) is 23.2 Å². The maximum absolute atomic E-state index is 10.3. The molecule has 0 aromatic heterocycles. The van der Waals surface area contributed by atoms with Crippen LogP contribution in [0.3, 0.4) is 0 Å². The maximum atomic E-state index is 10.3. The lowest BCUT2D eigenvalue weighted by atomic mass is 9.87. The van der Waals surface area contributed by atoms with E-state index in [-0.39, 0.29) is 11.2 Å². The van der Waals surface area contributed by atoms with Crippen LogP contribution < -0.4 is 5.32 Å². The molecule has 2 N–H and O–H groups in total. The number of nitrogens with zero attached hydrogens (tertiary/aromatic N) is 3. The third-order valence-electron chi connectivity index (χ3n) is 4.76. The fraction of sp³-hybridized carbons (Fsp3) is 0.632. The van der Waals surface area contributed by atoms with E-state index in [9.17, 15) is 5.11 Å². The van der Waals surface area contributed by atoms with Gasteiger partial charge in [-0.25, -0.2) is 4.99 Å². The summed E-state index contributed by atoms with van der Waals surface area (Å²) in [5.74, 6) is 1.19. The van der Waals surface area contributed by atoms with Crippen LogP contribution in [0.1, 0.15) is 39.2 Å². The molecule has 0 bridgehead atoms. The molecular weight excluding hydrogens is 300 g/mol. The van der Waals surface area contributed by atoms with Crippen LogP contribution in [-0.4, -0.2) is 60.1 Å². The van der Waals surface area contributed by atoms with E-state index in [1.165, 1.54) is 18.4 Å². The monoisotopic (exact) mass is 330 g/mol. The zero-order valence-electron chi connectivity index (χ0n) is 15.3. The molecule has 5 nitrogen and oxygen atoms in total. The van der Waals surface area contributed by atoms with Crippen LogP contribution in [0.2, 0.25) is 0 Å². The summed E-state index contributed by atoms with van der Waals surface area (Å²) in [6.07, 6.45) is 2.35. The Labute approximate surface area is 145 Å². The van der Waals surface area contributed by atoms with E-state index in [0.717, 1.165) is 37.8 Å². The van der Waals surface area contributed by atoms with Gasteiger partial charge in [-0.05, 0) is 43.0 Å². The fourth-order valence-electron chi connectivity index (χ4n) is 2.81. The van der Waals surface area contributed by atoms with Crippen molar-refractivity contribution in [3.8, 4) is 5.75 Å². The largest absolute Gasteiger partial charge is 0.506 e. The third-order valence-corrected chi connectivity index (χ3v) is 4.76. The molecule has 132 valence electrons. The lowest BCUT2D eigenvalue weighted by Crippen LogP contribution is -2.49. The first-order valence-electron chi connectivity index (χ1n) is 8.95. The van der Waals surface area contributed by atoms with Crippen LogP contribution in [-0.2, 0) is 5.41 Å². The molecule has 2 aliphatic rings. The molecule has 0 spiro atoms. The number of hydrogen-bond acceptors (Lipinski definition) is 3. The normalized spacial score (nSPS) is 20.3. The van der Waals surface area contributed by atoms with Crippen molar-refractivity contribution in [2.75, 3.05) is 38.5 Å². The van der Waals surface area contributed by atoms with Gasteiger partial charge >= 0.3 is 0 Å². The maximum Gasteiger partial charge on any atom is 0.198 e. The van der Waals surface area contributed by atoms with Gasteiger partial charge < -0.3 is 20.2 Å². The van der Waals surface area contributed by atoms with Crippen molar-refractivity contribution in [3.05, 3.63) is 23.8 Å². The molecule has 1 aliphatic heterocycles. The quantitative estimate of drug-likeness (QED) is 0.497. The van der Waals surface area contributed by atoms with Gasteiger partial charge in [0.05, 0.1) is 11.7 Å². The smallest absolute Gasteiger partial charge is 0.198 e. The molecule has 1 saturated carbocycles. The minimum absolute atomic E-state index is 0.0474. The summed E-state index contributed by atoms with van der Waals surface area (Å²) in [5.41, 5.74) is 2.00. The Hall–Kier alpha value is -1.75. The zero-order chi connectivity index (χ0) is 17.3. The number of aliphatic imine (C=N–C) groups is 1. The Bertz CT molecular complexity index is 608. The number of piperazine rings is 1. The summed E-state index contributed by atoms with van der Waals surface area (Å²) in [6, 6.07) is 6.27. The Morgan fingerprint density at radius 3 is 2.42 bits per heavy atom. The van der Waals surface area contributed by atoms with Crippen molar-refractivity contribution in [2.45, 2.75) is 45.1 Å². The van der Waals surface area contributed by atoms with Crippen molar-refractivity contribution in [1.82, 2.24) is 9.80 Å². The van der Waals surface area contributed by atoms with Gasteiger partial charge in [-0.15, -0.1) is 0 Å². The molecule has 2 fully saturated rings. The summed E-state index contributed by atoms with van der Waals surface area (Å²) in [6.45, 7) is 10.6. The minimum Gasteiger partial charge on any atom is -0.506 e. The van der Waals surface area contributed by atoms with Crippen LogP contribution in [0.4, 0.5) is 5.69 Å². The second kappa shape index (κ2) is 6.63. The molecule has 1 aromatic carbocycles. The number of phenols is 1. The number of anilines is 1. The molecule has 0 atom stereocenters. The molecule has 24 heavy (non-hydrogen) atoms. The topological polar surface area (TPSA) is 51.1 Å². The number of nitrogens with one attached hydrogen (secondary N) is 1. The van der Waals surface area contributed by atoms with Gasteiger partial charge in [0.25, 0.3) is 0 Å². The number of guanidine groups is 1. The number of phenolic OH excluding ortho intramolecular Hbond substituents is 1. The van der Waals surface area contributed by atoms with Gasteiger partial charge in [-0.2, -0.15) is 0 Å². The Balaban J connectivity index is 1.82. The highest BCUT2D eigenvalue weighted by Gasteiger charge is 2.25. The SMILES string of the molecule is CN1CCN(C(=NC2CC2)Nc2cc(C(C)(C)C)ccc2O)CC1. The average Bonchev–Trinajstić information content (AvgIpc) is 3.32. The van der Waals surface area contributed by atoms with E-state index < -0.39 is 0 Å². The Morgan fingerprint density at radius 2 is 1.83 bits per heavy atom. The highest BCUT2D eigenvalue weighted by Crippen LogP contribution is 2.31. The first kappa shape index (κ1) is 17.1. The second-order valence-corrected chi connectivity index (χ2v) is 8.08. The molecule has 1 saturated heterocycles. The molecule has 1 aliphatic carbocycles. The average molecular weight is 330 g/mol. The van der Waals surface area contributed by atoms with Gasteiger partial charge in [-0.1, -0.05) is 26.8 Å². The van der Waals surface area contributed by atoms with Crippen LogP contribution in [0.5, 0.6) is 5.75 Å². The highest BCUT2D eigenvalue weighted by atomic mass is 16.3. The lowest BCUT2D eigenvalue weighted by Gasteiger charge is -2.35. The van der Waals surface area contributed by atoms with E-state index in [0.29, 0.717) is 6.04 Å². The van der Waals surface area contributed by atoms with Crippen molar-refractivity contribution in [1.29, 1.82) is 0 Å². The van der Waals surface area contributed by atoms with Gasteiger partial charge in [0, 0.05) is 26.2 Å². The van der Waals surface area contributed by atoms with Gasteiger partial charge in [0.15, 0.2) is 5.96 Å². The first-order chi connectivity index (χ1) is 11.3. The standard InChI is InChI=1S/C19H30N4O/c1-19(2,3)14-5-8-17(24)16(13-14)21-18(20-15-6-7-15)23-11-9-22(4)10-12-23/h5,8,13,15,24H,6-7,9-12H2,1-4H3,(H,20,21). The van der Waals surface area contributed by atoms with Crippen LogP contribution in [0, 0.1) is 0 Å². The Morgan fingerprint density at radius 1 is 1.17 bits per heavy atom. The van der Waals surface area contributed by atoms with E-state index in [4.69, 9.17) is 4.99 Å². The fourth-order valence-corrected chi connectivity index (χ4v) is 2.81. The Kier molecular flexibility index (Phi) is 4.72. The summed E-state index contributed by atoms with van der Waals surface area (Å²) in [4.78, 5) is 9.51. The number of hydrogen-bond donors (Lipinski definition) is 2. The summed E-state index contributed by atoms with van der Waals surface area (Å²) in [7, 11) is 2.15. The number of aromatic hydroxyl groups is 1. The van der Waals surface area contributed by atoms with Gasteiger partial charge in [0.2, 0.25) is 0 Å². The van der Waals surface area contributed by atoms with Gasteiger partial charge in [-0.3, -0.25) is 0 Å². The molecule has 5 heteroatoms. The van der Waals surface area contributed by atoms with E-state index in [2.05, 4.69) is 42.9 Å². The predicted octanol–water partition coefficient (Wildman–Crippen LogP) is 2.87. The van der Waals surface area contributed by atoms with Gasteiger partial charge in [0.1, 0.15) is 5.75 Å². The summed E-state index contributed by atoms with van der Waals surface area (Å²) in [5, 5.41) is 13.7. The second-order valence-electron chi connectivity index (χ2n) is 8.08. The molecule has 0 unspecified atom stereocenters. The molecule has 0 radical (unpaired) electrons. The first-order valence-corrected chi connectivity index (χ1v) is 8.95. The summed E-state index contributed by atoms with van der Waals surface area (Å²) >= 11 is 0. The zero-order valence-corrected chi connectivity index (χ0v) is 15.3. The molecule has 0 amide bonds. The molecule has 3 rings (SSSR count). The van der Waals surface area contributed by atoms with Crippen molar-refractivity contribution in [3.63, 3.8) is 0 Å².